The van der Waals surface area contributed by atoms with Gasteiger partial charge >= 0.3 is 5.97 Å². The summed E-state index contributed by atoms with van der Waals surface area (Å²) in [7, 11) is 0. The van der Waals surface area contributed by atoms with Crippen LogP contribution in [0, 0.1) is 0 Å². The molecule has 0 aliphatic carbocycles. The molecule has 0 aliphatic rings. The number of hydrogen-bond donors (Lipinski definition) is 1. The van der Waals surface area contributed by atoms with E-state index in [0.717, 1.165) is 0 Å². The van der Waals surface area contributed by atoms with E-state index in [2.05, 4.69) is 18.3 Å². The molecule has 54 valence electrons. The van der Waals surface area contributed by atoms with Crippen LogP contribution in [0.2, 0.25) is 0 Å². The number of aliphatic imine (C=N–C) groups is 1. The number of rotatable bonds is 4. The Labute approximate surface area is 57.9 Å². The molecule has 0 amide bonds. The van der Waals surface area contributed by atoms with E-state index in [9.17, 15) is 9.59 Å². The van der Waals surface area contributed by atoms with Crippen LogP contribution in [0.25, 0.3) is 0 Å². The van der Waals surface area contributed by atoms with Crippen LogP contribution < -0.4 is 0 Å². The molecule has 0 fully saturated rings. The average molecular weight is 141 g/mol. The van der Waals surface area contributed by atoms with Crippen LogP contribution in [0.1, 0.15) is 0 Å². The largest absolute Gasteiger partial charge is 0.478 e. The highest BCUT2D eigenvalue weighted by Gasteiger charge is 2.12. The second kappa shape index (κ2) is 3.55. The van der Waals surface area contributed by atoms with Gasteiger partial charge in [-0.3, -0.25) is 9.79 Å². The van der Waals surface area contributed by atoms with E-state index < -0.39 is 17.3 Å². The highest BCUT2D eigenvalue weighted by molar-refractivity contribution is 6.16. The lowest BCUT2D eigenvalue weighted by atomic mass is 10.2. The van der Waals surface area contributed by atoms with E-state index >= 15 is 0 Å². The maximum atomic E-state index is 10.6. The minimum atomic E-state index is -1.31. The third-order valence-corrected chi connectivity index (χ3v) is 0.850. The SMILES string of the molecule is C=NCC(=O)C(=C)C(=O)O. The second-order valence-electron chi connectivity index (χ2n) is 1.59. The standard InChI is InChI=1S/C6H7NO3/c1-4(6(9)10)5(8)3-7-2/h1-3H2,(H,9,10). The van der Waals surface area contributed by atoms with Crippen LogP contribution in [0.15, 0.2) is 17.1 Å². The van der Waals surface area contributed by atoms with Crippen molar-refractivity contribution >= 4 is 18.5 Å². The van der Waals surface area contributed by atoms with Crippen molar-refractivity contribution in [3.63, 3.8) is 0 Å². The number of hydrogen-bond acceptors (Lipinski definition) is 3. The molecular weight excluding hydrogens is 134 g/mol. The maximum Gasteiger partial charge on any atom is 0.338 e. The zero-order valence-corrected chi connectivity index (χ0v) is 5.33. The Morgan fingerprint density at radius 2 is 2.00 bits per heavy atom. The Bertz CT molecular complexity index is 195. The summed E-state index contributed by atoms with van der Waals surface area (Å²) in [4.78, 5) is 23.8. The van der Waals surface area contributed by atoms with E-state index in [4.69, 9.17) is 5.11 Å². The molecule has 0 rings (SSSR count). The minimum Gasteiger partial charge on any atom is -0.478 e. The van der Waals surface area contributed by atoms with Gasteiger partial charge in [0.15, 0.2) is 5.78 Å². The van der Waals surface area contributed by atoms with Gasteiger partial charge in [0.2, 0.25) is 0 Å². The highest BCUT2D eigenvalue weighted by Crippen LogP contribution is 1.91. The third kappa shape index (κ3) is 2.21. The van der Waals surface area contributed by atoms with Crippen molar-refractivity contribution in [1.82, 2.24) is 0 Å². The third-order valence-electron chi connectivity index (χ3n) is 0.850. The number of carboxylic acid groups (broad SMARTS) is 1. The molecule has 0 saturated heterocycles. The van der Waals surface area contributed by atoms with Gasteiger partial charge in [-0.1, -0.05) is 6.58 Å². The Kier molecular flexibility index (Phi) is 3.04. The van der Waals surface area contributed by atoms with E-state index in [0.29, 0.717) is 0 Å². The molecule has 0 aromatic rings. The molecule has 0 unspecified atom stereocenters. The zero-order chi connectivity index (χ0) is 8.15. The highest BCUT2D eigenvalue weighted by atomic mass is 16.4. The summed E-state index contributed by atoms with van der Waals surface area (Å²) < 4.78 is 0. The van der Waals surface area contributed by atoms with E-state index in [1.54, 1.807) is 0 Å². The predicted octanol–water partition coefficient (Wildman–Crippen LogP) is -0.103. The fourth-order valence-corrected chi connectivity index (χ4v) is 0.316. The van der Waals surface area contributed by atoms with Gasteiger partial charge in [-0.2, -0.15) is 0 Å². The van der Waals surface area contributed by atoms with Gasteiger partial charge in [-0.15, -0.1) is 0 Å². The number of ketones is 1. The van der Waals surface area contributed by atoms with Gasteiger partial charge in [-0.25, -0.2) is 4.79 Å². The molecule has 0 bridgehead atoms. The smallest absolute Gasteiger partial charge is 0.338 e. The second-order valence-corrected chi connectivity index (χ2v) is 1.59. The van der Waals surface area contributed by atoms with E-state index in [1.165, 1.54) is 0 Å². The van der Waals surface area contributed by atoms with Crippen LogP contribution in [-0.4, -0.2) is 30.1 Å². The molecule has 0 aromatic heterocycles. The summed E-state index contributed by atoms with van der Waals surface area (Å²) >= 11 is 0. The summed E-state index contributed by atoms with van der Waals surface area (Å²) in [6.07, 6.45) is 0. The van der Waals surface area contributed by atoms with Crippen molar-refractivity contribution in [2.24, 2.45) is 4.99 Å². The van der Waals surface area contributed by atoms with Crippen LogP contribution in [-0.2, 0) is 9.59 Å². The van der Waals surface area contributed by atoms with E-state index in [-0.39, 0.29) is 6.54 Å². The number of carboxylic acids is 1. The van der Waals surface area contributed by atoms with Crippen LogP contribution in [0.5, 0.6) is 0 Å². The van der Waals surface area contributed by atoms with Gasteiger partial charge in [0.1, 0.15) is 6.54 Å². The first-order valence-corrected chi connectivity index (χ1v) is 2.47. The fraction of sp³-hybridized carbons (Fsp3) is 0.167. The maximum absolute atomic E-state index is 10.6. The molecule has 10 heavy (non-hydrogen) atoms. The topological polar surface area (TPSA) is 66.7 Å². The van der Waals surface area contributed by atoms with Crippen molar-refractivity contribution < 1.29 is 14.7 Å². The molecule has 0 saturated carbocycles. The minimum absolute atomic E-state index is 0.217. The average Bonchev–Trinajstić information content (AvgIpc) is 1.87. The Hall–Kier alpha value is -1.45. The molecule has 4 heteroatoms. The van der Waals surface area contributed by atoms with Crippen LogP contribution in [0.4, 0.5) is 0 Å². The van der Waals surface area contributed by atoms with Gasteiger partial charge in [0.05, 0.1) is 5.57 Å². The molecule has 4 nitrogen and oxygen atoms in total. The lowest BCUT2D eigenvalue weighted by Crippen LogP contribution is -2.13. The molecule has 0 aromatic carbocycles. The lowest BCUT2D eigenvalue weighted by molar-refractivity contribution is -0.134. The summed E-state index contributed by atoms with van der Waals surface area (Å²) in [5.74, 6) is -1.92. The number of nitrogens with zero attached hydrogens (tertiary/aromatic N) is 1. The molecule has 1 N–H and O–H groups in total. The molecule has 0 spiro atoms. The lowest BCUT2D eigenvalue weighted by Gasteiger charge is -1.92. The van der Waals surface area contributed by atoms with E-state index in [1.807, 2.05) is 0 Å². The Morgan fingerprint density at radius 3 is 2.30 bits per heavy atom. The Balaban J connectivity index is 4.08. The molecule has 0 heterocycles. The quantitative estimate of drug-likeness (QED) is 0.257. The zero-order valence-electron chi connectivity index (χ0n) is 5.33. The molecule has 0 atom stereocenters. The van der Waals surface area contributed by atoms with Crippen LogP contribution in [0.3, 0.4) is 0 Å². The van der Waals surface area contributed by atoms with Crippen molar-refractivity contribution in [2.75, 3.05) is 6.54 Å². The molecule has 0 aliphatic heterocycles. The van der Waals surface area contributed by atoms with Crippen molar-refractivity contribution in [1.29, 1.82) is 0 Å². The first-order chi connectivity index (χ1) is 4.59. The Morgan fingerprint density at radius 1 is 1.50 bits per heavy atom. The molecular formula is C6H7NO3. The van der Waals surface area contributed by atoms with Crippen molar-refractivity contribution in [2.45, 2.75) is 0 Å². The van der Waals surface area contributed by atoms with Gasteiger partial charge in [0.25, 0.3) is 0 Å². The monoisotopic (exact) mass is 141 g/mol. The number of carbonyl (C=O) groups excluding carboxylic acids is 1. The number of aliphatic carboxylic acids is 1. The van der Waals surface area contributed by atoms with Crippen molar-refractivity contribution in [3.8, 4) is 0 Å². The summed E-state index contributed by atoms with van der Waals surface area (Å²) in [6, 6.07) is 0. The van der Waals surface area contributed by atoms with Gasteiger partial charge < -0.3 is 5.11 Å². The first kappa shape index (κ1) is 8.55. The first-order valence-electron chi connectivity index (χ1n) is 2.47. The summed E-state index contributed by atoms with van der Waals surface area (Å²) in [6.45, 7) is 5.86. The fourth-order valence-electron chi connectivity index (χ4n) is 0.316. The van der Waals surface area contributed by atoms with Crippen molar-refractivity contribution in [3.05, 3.63) is 12.2 Å². The predicted molar refractivity (Wildman–Crippen MR) is 36.2 cm³/mol. The number of Topliss-reactive ketones (excluding diaryl/α,β-unsaturated/α-hetero) is 1. The summed E-state index contributed by atoms with van der Waals surface area (Å²) in [5.41, 5.74) is -0.451. The van der Waals surface area contributed by atoms with Crippen LogP contribution >= 0.6 is 0 Å². The van der Waals surface area contributed by atoms with Gasteiger partial charge in [0, 0.05) is 0 Å². The van der Waals surface area contributed by atoms with Gasteiger partial charge in [-0.05, 0) is 6.72 Å². The number of carbonyl (C=O) groups is 2. The normalized spacial score (nSPS) is 8.40. The summed E-state index contributed by atoms with van der Waals surface area (Å²) in [5, 5.41) is 8.20. The molecule has 0 radical (unpaired) electrons.